The molecular weight excluding hydrogens is 968 g/mol. The van der Waals surface area contributed by atoms with Gasteiger partial charge >= 0.3 is 5.97 Å². The number of carbonyl (C=O) groups excluding carboxylic acids is 2. The van der Waals surface area contributed by atoms with Gasteiger partial charge in [-0.15, -0.1) is 0 Å². The Morgan fingerprint density at radius 1 is 0.629 bits per heavy atom. The molecule has 8 atom stereocenters. The SMILES string of the molecule is C.C[C@H]1[C@@H](O)C[C@@H](C)O[C@H]1c1ccc(Br)cc1.C[C@H]1[C@@H](OC(=O)c2cc([N+](=O)[O-])cc([N+](=O)[O-])c2)C[C@@H](C)O[C@H]1c1ccc(Br)cc1.O=C(Cl)c1cc([N+](=O)[O-])cc([N+](=O)[O-])c1. The number of aliphatic hydroxyl groups excluding tert-OH is 1. The zero-order chi connectivity index (χ0) is 45.3. The van der Waals surface area contributed by atoms with Gasteiger partial charge < -0.3 is 19.3 Å². The highest BCUT2D eigenvalue weighted by atomic mass is 79.9. The number of nitrogens with zero attached hydrogens (tertiary/aromatic N) is 4. The topological polar surface area (TPSA) is 255 Å². The molecule has 4 aromatic rings. The van der Waals surface area contributed by atoms with Crippen LogP contribution in [-0.4, -0.2) is 60.4 Å². The Morgan fingerprint density at radius 2 is 0.984 bits per heavy atom. The van der Waals surface area contributed by atoms with Crippen LogP contribution in [-0.2, 0) is 14.2 Å². The number of hydrogen-bond donors (Lipinski definition) is 1. The first-order chi connectivity index (χ1) is 28.6. The van der Waals surface area contributed by atoms with Crippen molar-refractivity contribution >= 4 is 77.4 Å². The van der Waals surface area contributed by atoms with Crippen molar-refractivity contribution in [3.63, 3.8) is 0 Å². The fourth-order valence-corrected chi connectivity index (χ4v) is 7.26. The number of hydrogen-bond acceptors (Lipinski definition) is 14. The molecule has 62 heavy (non-hydrogen) atoms. The molecule has 2 aliphatic rings. The van der Waals surface area contributed by atoms with E-state index in [0.29, 0.717) is 6.42 Å². The minimum atomic E-state index is -0.984. The molecule has 6 rings (SSSR count). The molecule has 1 N–H and O–H groups in total. The predicted molar refractivity (Wildman–Crippen MR) is 234 cm³/mol. The summed E-state index contributed by atoms with van der Waals surface area (Å²) in [5, 5.41) is 51.9. The van der Waals surface area contributed by atoms with Crippen molar-refractivity contribution in [2.24, 2.45) is 11.8 Å². The highest BCUT2D eigenvalue weighted by Crippen LogP contribution is 2.39. The van der Waals surface area contributed by atoms with Gasteiger partial charge in [0.25, 0.3) is 28.0 Å². The molecule has 4 aromatic carbocycles. The van der Waals surface area contributed by atoms with Crippen LogP contribution in [0.5, 0.6) is 0 Å². The van der Waals surface area contributed by atoms with Crippen LogP contribution in [0.2, 0.25) is 0 Å². The third-order valence-electron chi connectivity index (χ3n) is 9.81. The zero-order valence-electron chi connectivity index (χ0n) is 32.8. The maximum Gasteiger partial charge on any atom is 0.338 e. The van der Waals surface area contributed by atoms with Crippen LogP contribution in [0, 0.1) is 52.3 Å². The molecule has 332 valence electrons. The zero-order valence-corrected chi connectivity index (χ0v) is 36.7. The van der Waals surface area contributed by atoms with Crippen LogP contribution < -0.4 is 0 Å². The van der Waals surface area contributed by atoms with E-state index < -0.39 is 59.8 Å². The molecule has 0 bridgehead atoms. The molecule has 0 spiro atoms. The Morgan fingerprint density at radius 3 is 1.35 bits per heavy atom. The summed E-state index contributed by atoms with van der Waals surface area (Å²) in [5.41, 5.74) is -0.624. The van der Waals surface area contributed by atoms with Gasteiger partial charge in [0.05, 0.1) is 67.9 Å². The summed E-state index contributed by atoms with van der Waals surface area (Å²) in [6, 6.07) is 21.0. The van der Waals surface area contributed by atoms with Crippen LogP contribution in [0.4, 0.5) is 22.7 Å². The molecule has 0 saturated carbocycles. The lowest BCUT2D eigenvalue weighted by atomic mass is 9.86. The number of rotatable bonds is 9. The first-order valence-electron chi connectivity index (χ1n) is 18.4. The summed E-state index contributed by atoms with van der Waals surface area (Å²) >= 11 is 11.9. The van der Waals surface area contributed by atoms with Crippen molar-refractivity contribution in [3.8, 4) is 0 Å². The van der Waals surface area contributed by atoms with Gasteiger partial charge in [-0.05, 0) is 67.3 Å². The second kappa shape index (κ2) is 22.7. The van der Waals surface area contributed by atoms with Gasteiger partial charge in [-0.25, -0.2) is 4.79 Å². The quantitative estimate of drug-likeness (QED) is 0.0708. The van der Waals surface area contributed by atoms with Gasteiger partial charge in [-0.3, -0.25) is 45.3 Å². The summed E-state index contributed by atoms with van der Waals surface area (Å²) < 4.78 is 19.6. The van der Waals surface area contributed by atoms with Gasteiger partial charge in [-0.1, -0.05) is 77.4 Å². The highest BCUT2D eigenvalue weighted by molar-refractivity contribution is 9.10. The average molecular weight is 1010 g/mol. The normalized spacial score (nSPS) is 22.8. The van der Waals surface area contributed by atoms with E-state index in [9.17, 15) is 55.2 Å². The second-order valence-corrected chi connectivity index (χ2v) is 16.5. The molecule has 0 amide bonds. The van der Waals surface area contributed by atoms with Crippen LogP contribution in [0.3, 0.4) is 0 Å². The van der Waals surface area contributed by atoms with Crippen LogP contribution in [0.1, 0.15) is 92.0 Å². The largest absolute Gasteiger partial charge is 0.458 e. The molecular formula is C41H43Br2ClN4O14. The van der Waals surface area contributed by atoms with Crippen molar-refractivity contribution in [2.75, 3.05) is 0 Å². The lowest BCUT2D eigenvalue weighted by Gasteiger charge is -2.39. The Hall–Kier alpha value is -5.25. The van der Waals surface area contributed by atoms with E-state index in [4.69, 9.17) is 25.8 Å². The third kappa shape index (κ3) is 13.9. The monoisotopic (exact) mass is 1010 g/mol. The number of benzene rings is 4. The van der Waals surface area contributed by atoms with Crippen LogP contribution in [0.15, 0.2) is 93.9 Å². The van der Waals surface area contributed by atoms with Crippen molar-refractivity contribution in [3.05, 3.63) is 157 Å². The number of esters is 1. The van der Waals surface area contributed by atoms with Gasteiger partial charge in [-0.2, -0.15) is 0 Å². The number of nitro groups is 4. The molecule has 0 unspecified atom stereocenters. The minimum Gasteiger partial charge on any atom is -0.458 e. The van der Waals surface area contributed by atoms with E-state index in [-0.39, 0.29) is 60.9 Å². The lowest BCUT2D eigenvalue weighted by Crippen LogP contribution is -2.39. The van der Waals surface area contributed by atoms with E-state index >= 15 is 0 Å². The molecule has 2 aliphatic heterocycles. The Labute approximate surface area is 377 Å². The van der Waals surface area contributed by atoms with E-state index in [1.165, 1.54) is 0 Å². The maximum absolute atomic E-state index is 12.7. The van der Waals surface area contributed by atoms with E-state index in [1.54, 1.807) is 0 Å². The van der Waals surface area contributed by atoms with Crippen LogP contribution >= 0.6 is 43.5 Å². The molecule has 18 nitrogen and oxygen atoms in total. The molecule has 0 radical (unpaired) electrons. The molecule has 0 aliphatic carbocycles. The molecule has 2 heterocycles. The van der Waals surface area contributed by atoms with Crippen molar-refractivity contribution in [1.82, 2.24) is 0 Å². The highest BCUT2D eigenvalue weighted by Gasteiger charge is 2.38. The van der Waals surface area contributed by atoms with E-state index in [0.717, 1.165) is 62.9 Å². The van der Waals surface area contributed by atoms with Gasteiger partial charge in [0.2, 0.25) is 0 Å². The third-order valence-corrected chi connectivity index (χ3v) is 11.1. The Balaban J connectivity index is 0.000000270. The Bertz CT molecular complexity index is 2160. The summed E-state index contributed by atoms with van der Waals surface area (Å²) in [5.74, 6) is -0.889. The summed E-state index contributed by atoms with van der Waals surface area (Å²) in [7, 11) is 0. The number of nitro benzene ring substituents is 4. The Kier molecular flexibility index (Phi) is 18.7. The first kappa shape index (κ1) is 51.1. The van der Waals surface area contributed by atoms with E-state index in [2.05, 4.69) is 44.0 Å². The number of non-ortho nitro benzene ring substituents is 4. The smallest absolute Gasteiger partial charge is 0.338 e. The fraction of sp³-hybridized carbons (Fsp3) is 0.366. The number of halogens is 3. The van der Waals surface area contributed by atoms with E-state index in [1.807, 2.05) is 64.1 Å². The average Bonchev–Trinajstić information content (AvgIpc) is 3.21. The number of aliphatic hydroxyl groups is 1. The maximum atomic E-state index is 12.7. The van der Waals surface area contributed by atoms with Gasteiger partial charge in [0, 0.05) is 57.0 Å². The summed E-state index contributed by atoms with van der Waals surface area (Å²) in [6.45, 7) is 7.83. The van der Waals surface area contributed by atoms with Crippen LogP contribution in [0.25, 0.3) is 0 Å². The van der Waals surface area contributed by atoms with Gasteiger partial charge in [0.15, 0.2) is 0 Å². The van der Waals surface area contributed by atoms with Gasteiger partial charge in [0.1, 0.15) is 6.10 Å². The molecule has 0 aromatic heterocycles. The van der Waals surface area contributed by atoms with Crippen molar-refractivity contribution in [1.29, 1.82) is 0 Å². The van der Waals surface area contributed by atoms with Crippen molar-refractivity contribution in [2.45, 2.75) is 84.6 Å². The molecule has 2 fully saturated rings. The standard InChI is InChI=1S/C20H19BrN2O7.C13H17BrO2.C7H3ClN2O5.CH4/c1-11-7-18(12(2)19(29-11)13-3-5-15(21)6-4-13)30-20(24)14-8-16(22(25)26)10-17(9-14)23(27)28;1-8-7-12(15)9(2)13(16-8)10-3-5-11(14)6-4-10;8-7(11)4-1-5(9(12)13)3-6(2-4)10(14)15;/h3-6,8-12,18-19H,7H2,1-2H3;3-6,8-9,12-13,15H,7H2,1-2H3;1-3H;1H4/t11-,12+,18+,19-;8-,9+,12+,13-;;/m11../s1. The minimum absolute atomic E-state index is 0. The summed E-state index contributed by atoms with van der Waals surface area (Å²) in [6.07, 6.45) is 0.0222. The fourth-order valence-electron chi connectivity index (χ4n) is 6.63. The predicted octanol–water partition coefficient (Wildman–Crippen LogP) is 10.8. The number of ether oxygens (including phenoxy) is 3. The number of carbonyl (C=O) groups is 2. The molecule has 2 saturated heterocycles. The van der Waals surface area contributed by atoms with Crippen molar-refractivity contribution < 1.29 is 48.6 Å². The summed E-state index contributed by atoms with van der Waals surface area (Å²) in [4.78, 5) is 63.1. The second-order valence-electron chi connectivity index (χ2n) is 14.3. The first-order valence-corrected chi connectivity index (χ1v) is 20.4. The lowest BCUT2D eigenvalue weighted by molar-refractivity contribution is -0.394. The molecule has 21 heteroatoms.